The first-order valence-corrected chi connectivity index (χ1v) is 8.47. The van der Waals surface area contributed by atoms with Gasteiger partial charge >= 0.3 is 0 Å². The number of carbonyl (C=O) groups is 1. The largest absolute Gasteiger partial charge is 0.483 e. The number of hydrogen-bond acceptors (Lipinski definition) is 5. The van der Waals surface area contributed by atoms with Gasteiger partial charge in [-0.1, -0.05) is 45.0 Å². The number of nitrogens with zero attached hydrogens (tertiary/aromatic N) is 2. The lowest BCUT2D eigenvalue weighted by atomic mass is 9.86. The van der Waals surface area contributed by atoms with Gasteiger partial charge in [-0.05, 0) is 29.5 Å². The van der Waals surface area contributed by atoms with Crippen molar-refractivity contribution < 1.29 is 14.5 Å². The first kappa shape index (κ1) is 20.1. The summed E-state index contributed by atoms with van der Waals surface area (Å²) in [6.07, 6.45) is 1.34. The first-order valence-electron chi connectivity index (χ1n) is 8.47. The molecular formula is C20H23N3O4. The van der Waals surface area contributed by atoms with Crippen molar-refractivity contribution >= 4 is 17.8 Å². The average Bonchev–Trinajstić information content (AvgIpc) is 2.60. The molecule has 1 N–H and O–H groups in total. The van der Waals surface area contributed by atoms with E-state index >= 15 is 0 Å². The van der Waals surface area contributed by atoms with Gasteiger partial charge < -0.3 is 4.74 Å². The fourth-order valence-corrected chi connectivity index (χ4v) is 2.35. The summed E-state index contributed by atoms with van der Waals surface area (Å²) >= 11 is 0. The number of amides is 1. The second-order valence-corrected chi connectivity index (χ2v) is 7.16. The van der Waals surface area contributed by atoms with Crippen LogP contribution in [0.4, 0.5) is 5.69 Å². The van der Waals surface area contributed by atoms with E-state index in [0.29, 0.717) is 11.3 Å². The predicted molar refractivity (Wildman–Crippen MR) is 104 cm³/mol. The summed E-state index contributed by atoms with van der Waals surface area (Å²) in [5.41, 5.74) is 5.01. The molecule has 2 aromatic rings. The van der Waals surface area contributed by atoms with Gasteiger partial charge in [-0.15, -0.1) is 0 Å². The van der Waals surface area contributed by atoms with Crippen molar-refractivity contribution in [2.75, 3.05) is 6.61 Å². The van der Waals surface area contributed by atoms with E-state index in [2.05, 4.69) is 31.3 Å². The lowest BCUT2D eigenvalue weighted by Gasteiger charge is -2.20. The molecule has 142 valence electrons. The van der Waals surface area contributed by atoms with Gasteiger partial charge in [0.1, 0.15) is 5.75 Å². The molecule has 0 aromatic heterocycles. The minimum absolute atomic E-state index is 0.0391. The van der Waals surface area contributed by atoms with Gasteiger partial charge in [0.2, 0.25) is 0 Å². The van der Waals surface area contributed by atoms with Gasteiger partial charge in [0, 0.05) is 17.7 Å². The Kier molecular flexibility index (Phi) is 6.28. The fraction of sp³-hybridized carbons (Fsp3) is 0.300. The third-order valence-electron chi connectivity index (χ3n) is 3.88. The van der Waals surface area contributed by atoms with E-state index in [1.165, 1.54) is 23.9 Å². The van der Waals surface area contributed by atoms with Crippen LogP contribution in [0, 0.1) is 17.0 Å². The van der Waals surface area contributed by atoms with Crippen LogP contribution in [-0.2, 0) is 10.2 Å². The normalized spacial score (nSPS) is 11.4. The molecule has 0 radical (unpaired) electrons. The summed E-state index contributed by atoms with van der Waals surface area (Å²) in [4.78, 5) is 22.1. The Labute approximate surface area is 158 Å². The Morgan fingerprint density at radius 2 is 2.00 bits per heavy atom. The third-order valence-corrected chi connectivity index (χ3v) is 3.88. The Morgan fingerprint density at radius 1 is 1.26 bits per heavy atom. The quantitative estimate of drug-likeness (QED) is 0.477. The lowest BCUT2D eigenvalue weighted by Crippen LogP contribution is -2.24. The van der Waals surface area contributed by atoms with E-state index in [4.69, 9.17) is 4.74 Å². The summed E-state index contributed by atoms with van der Waals surface area (Å²) in [5.74, 6) is 0.219. The number of benzene rings is 2. The van der Waals surface area contributed by atoms with Crippen LogP contribution in [0.1, 0.15) is 37.5 Å². The van der Waals surface area contributed by atoms with Gasteiger partial charge in [0.15, 0.2) is 6.61 Å². The number of non-ortho nitro benzene ring substituents is 1. The number of nitro groups is 1. The maximum absolute atomic E-state index is 11.9. The van der Waals surface area contributed by atoms with Crippen molar-refractivity contribution in [2.24, 2.45) is 5.10 Å². The standard InChI is InChI=1S/C20H23N3O4/c1-14-10-16(20(2,3)4)8-9-18(14)27-13-19(24)22-21-12-15-6-5-7-17(11-15)23(25)26/h5-12H,13H2,1-4H3,(H,22,24). The van der Waals surface area contributed by atoms with Crippen molar-refractivity contribution in [3.05, 3.63) is 69.3 Å². The Hall–Kier alpha value is -3.22. The van der Waals surface area contributed by atoms with Gasteiger partial charge in [-0.25, -0.2) is 5.43 Å². The van der Waals surface area contributed by atoms with E-state index < -0.39 is 10.8 Å². The number of hydrazone groups is 1. The molecule has 2 rings (SSSR count). The maximum atomic E-state index is 11.9. The highest BCUT2D eigenvalue weighted by Crippen LogP contribution is 2.27. The molecule has 0 aliphatic heterocycles. The highest BCUT2D eigenvalue weighted by Gasteiger charge is 2.15. The Morgan fingerprint density at radius 3 is 2.63 bits per heavy atom. The van der Waals surface area contributed by atoms with Gasteiger partial charge in [0.05, 0.1) is 11.1 Å². The minimum atomic E-state index is -0.489. The van der Waals surface area contributed by atoms with Crippen molar-refractivity contribution in [2.45, 2.75) is 33.1 Å². The van der Waals surface area contributed by atoms with E-state index in [9.17, 15) is 14.9 Å². The van der Waals surface area contributed by atoms with Crippen LogP contribution in [0.5, 0.6) is 5.75 Å². The predicted octanol–water partition coefficient (Wildman–Crippen LogP) is 3.73. The van der Waals surface area contributed by atoms with Crippen molar-refractivity contribution in [3.63, 3.8) is 0 Å². The number of carbonyl (C=O) groups excluding carboxylic acids is 1. The molecule has 2 aromatic carbocycles. The average molecular weight is 369 g/mol. The summed E-state index contributed by atoms with van der Waals surface area (Å²) < 4.78 is 5.54. The zero-order valence-corrected chi connectivity index (χ0v) is 15.9. The summed E-state index contributed by atoms with van der Waals surface area (Å²) in [7, 11) is 0. The molecule has 0 fully saturated rings. The summed E-state index contributed by atoms with van der Waals surface area (Å²) in [6.45, 7) is 8.16. The van der Waals surface area contributed by atoms with Crippen LogP contribution in [0.25, 0.3) is 0 Å². The molecule has 0 saturated carbocycles. The molecule has 0 bridgehead atoms. The molecule has 0 spiro atoms. The summed E-state index contributed by atoms with van der Waals surface area (Å²) in [5, 5.41) is 14.5. The Balaban J connectivity index is 1.89. The third kappa shape index (κ3) is 5.91. The minimum Gasteiger partial charge on any atom is -0.483 e. The molecule has 0 aliphatic carbocycles. The Bertz CT molecular complexity index is 870. The van der Waals surface area contributed by atoms with Crippen molar-refractivity contribution in [1.82, 2.24) is 5.43 Å². The number of nitrogens with one attached hydrogen (secondary N) is 1. The highest BCUT2D eigenvalue weighted by atomic mass is 16.6. The van der Waals surface area contributed by atoms with Crippen LogP contribution >= 0.6 is 0 Å². The van der Waals surface area contributed by atoms with E-state index in [0.717, 1.165) is 5.56 Å². The fourth-order valence-electron chi connectivity index (χ4n) is 2.35. The smallest absolute Gasteiger partial charge is 0.277 e. The number of hydrogen-bond donors (Lipinski definition) is 1. The lowest BCUT2D eigenvalue weighted by molar-refractivity contribution is -0.384. The second kappa shape index (κ2) is 8.44. The van der Waals surface area contributed by atoms with Crippen molar-refractivity contribution in [3.8, 4) is 5.75 Å². The molecule has 0 saturated heterocycles. The number of nitro benzene ring substituents is 1. The number of aryl methyl sites for hydroxylation is 1. The maximum Gasteiger partial charge on any atom is 0.277 e. The zero-order chi connectivity index (χ0) is 20.0. The SMILES string of the molecule is Cc1cc(C(C)(C)C)ccc1OCC(=O)NN=Cc1cccc([N+](=O)[O-])c1. The second-order valence-electron chi connectivity index (χ2n) is 7.16. The van der Waals surface area contributed by atoms with Crippen LogP contribution in [-0.4, -0.2) is 23.7 Å². The number of rotatable bonds is 6. The van der Waals surface area contributed by atoms with E-state index in [1.807, 2.05) is 25.1 Å². The monoisotopic (exact) mass is 369 g/mol. The molecular weight excluding hydrogens is 346 g/mol. The number of ether oxygens (including phenoxy) is 1. The molecule has 0 heterocycles. The molecule has 7 nitrogen and oxygen atoms in total. The van der Waals surface area contributed by atoms with Gasteiger partial charge in [0.25, 0.3) is 11.6 Å². The molecule has 0 aliphatic rings. The topological polar surface area (TPSA) is 93.8 Å². The molecule has 1 amide bonds. The van der Waals surface area contributed by atoms with Gasteiger partial charge in [-0.3, -0.25) is 14.9 Å². The first-order chi connectivity index (χ1) is 12.7. The van der Waals surface area contributed by atoms with Crippen molar-refractivity contribution in [1.29, 1.82) is 0 Å². The summed E-state index contributed by atoms with van der Waals surface area (Å²) in [6, 6.07) is 11.8. The van der Waals surface area contributed by atoms with E-state index in [1.54, 1.807) is 12.1 Å². The van der Waals surface area contributed by atoms with Crippen LogP contribution in [0.2, 0.25) is 0 Å². The molecule has 0 unspecified atom stereocenters. The highest BCUT2D eigenvalue weighted by molar-refractivity contribution is 5.83. The van der Waals surface area contributed by atoms with Crippen LogP contribution in [0.15, 0.2) is 47.6 Å². The van der Waals surface area contributed by atoms with Crippen LogP contribution < -0.4 is 10.2 Å². The molecule has 27 heavy (non-hydrogen) atoms. The molecule has 0 atom stereocenters. The molecule has 7 heteroatoms. The zero-order valence-electron chi connectivity index (χ0n) is 15.9. The van der Waals surface area contributed by atoms with E-state index in [-0.39, 0.29) is 17.7 Å². The van der Waals surface area contributed by atoms with Crippen LogP contribution in [0.3, 0.4) is 0 Å². The van der Waals surface area contributed by atoms with Gasteiger partial charge in [-0.2, -0.15) is 5.10 Å².